The summed E-state index contributed by atoms with van der Waals surface area (Å²) in [5.41, 5.74) is 11.4. The number of para-hydroxylation sites is 1. The van der Waals surface area contributed by atoms with Crippen molar-refractivity contribution in [2.75, 3.05) is 0 Å². The van der Waals surface area contributed by atoms with Crippen molar-refractivity contribution in [2.24, 2.45) is 0 Å². The summed E-state index contributed by atoms with van der Waals surface area (Å²) in [5.74, 6) is 1.35. The quantitative estimate of drug-likeness (QED) is 0.170. The first kappa shape index (κ1) is 32.2. The standard InChI is InChI=1S/C50H30N4OS/c1-3-11-32(12-4-1)42-28-43(54-50(53-42)34-21-19-31(20-22-34)36-29-51-49(52-30-36)33-13-5-2-6-14-33)39-25-24-37(48-47(39)40-16-7-9-17-44(40)55-48)35-23-26-46-41(27-35)38-15-8-10-18-45(38)56-46/h1-30H. The van der Waals surface area contributed by atoms with Crippen molar-refractivity contribution in [3.8, 4) is 67.5 Å². The summed E-state index contributed by atoms with van der Waals surface area (Å²) in [4.78, 5) is 19.7. The van der Waals surface area contributed by atoms with Crippen molar-refractivity contribution in [3.63, 3.8) is 0 Å². The first-order valence-electron chi connectivity index (χ1n) is 18.5. The van der Waals surface area contributed by atoms with E-state index in [1.165, 1.54) is 20.2 Å². The molecule has 0 unspecified atom stereocenters. The Hall–Kier alpha value is -7.28. The van der Waals surface area contributed by atoms with Gasteiger partial charge in [0.2, 0.25) is 0 Å². The van der Waals surface area contributed by atoms with Gasteiger partial charge in [-0.1, -0.05) is 133 Å². The van der Waals surface area contributed by atoms with Gasteiger partial charge in [-0.15, -0.1) is 11.3 Å². The molecule has 0 amide bonds. The van der Waals surface area contributed by atoms with E-state index in [1.54, 1.807) is 0 Å². The van der Waals surface area contributed by atoms with Gasteiger partial charge in [0, 0.05) is 76.7 Å². The molecule has 0 aliphatic carbocycles. The zero-order valence-electron chi connectivity index (χ0n) is 29.9. The largest absolute Gasteiger partial charge is 0.455 e. The fourth-order valence-corrected chi connectivity index (χ4v) is 8.75. The maximum absolute atomic E-state index is 6.75. The summed E-state index contributed by atoms with van der Waals surface area (Å²) in [6.07, 6.45) is 3.75. The Balaban J connectivity index is 1.05. The molecule has 0 bridgehead atoms. The minimum absolute atomic E-state index is 0.642. The van der Waals surface area contributed by atoms with Gasteiger partial charge in [-0.3, -0.25) is 0 Å². The van der Waals surface area contributed by atoms with Gasteiger partial charge < -0.3 is 4.42 Å². The molecular formula is C50H30N4OS. The third kappa shape index (κ3) is 5.54. The van der Waals surface area contributed by atoms with E-state index in [-0.39, 0.29) is 0 Å². The third-order valence-electron chi connectivity index (χ3n) is 10.4. The molecule has 4 heterocycles. The van der Waals surface area contributed by atoms with E-state index in [0.717, 1.165) is 77.8 Å². The number of thiophene rings is 1. The van der Waals surface area contributed by atoms with Gasteiger partial charge >= 0.3 is 0 Å². The number of rotatable bonds is 6. The average Bonchev–Trinajstić information content (AvgIpc) is 3.85. The number of fused-ring (bicyclic) bond motifs is 6. The molecule has 0 spiro atoms. The Morgan fingerprint density at radius 2 is 1.00 bits per heavy atom. The van der Waals surface area contributed by atoms with Crippen molar-refractivity contribution in [1.29, 1.82) is 0 Å². The molecule has 0 fully saturated rings. The van der Waals surface area contributed by atoms with E-state index >= 15 is 0 Å². The second-order valence-electron chi connectivity index (χ2n) is 13.8. The number of aromatic nitrogens is 4. The van der Waals surface area contributed by atoms with Crippen LogP contribution in [0.15, 0.2) is 187 Å². The summed E-state index contributed by atoms with van der Waals surface area (Å²) >= 11 is 1.83. The SMILES string of the molecule is c1ccc(-c2cc(-c3ccc(-c4ccc5sc6ccccc6c5c4)c4oc5ccccc5c34)nc(-c3ccc(-c4cnc(-c5ccccc5)nc4)cc3)n2)cc1. The van der Waals surface area contributed by atoms with Crippen LogP contribution in [-0.2, 0) is 0 Å². The first-order chi connectivity index (χ1) is 27.7. The zero-order chi connectivity index (χ0) is 37.0. The normalized spacial score (nSPS) is 11.6. The monoisotopic (exact) mass is 734 g/mol. The predicted molar refractivity (Wildman–Crippen MR) is 230 cm³/mol. The molecule has 6 heteroatoms. The second kappa shape index (κ2) is 13.2. The smallest absolute Gasteiger partial charge is 0.160 e. The van der Waals surface area contributed by atoms with Crippen LogP contribution < -0.4 is 0 Å². The van der Waals surface area contributed by atoms with E-state index in [2.05, 4.69) is 119 Å². The van der Waals surface area contributed by atoms with Crippen molar-refractivity contribution < 1.29 is 4.42 Å². The summed E-state index contributed by atoms with van der Waals surface area (Å²) in [5, 5.41) is 4.61. The number of benzene rings is 7. The van der Waals surface area contributed by atoms with Crippen LogP contribution in [0.4, 0.5) is 0 Å². The lowest BCUT2D eigenvalue weighted by atomic mass is 9.95. The van der Waals surface area contributed by atoms with Crippen LogP contribution in [0.5, 0.6) is 0 Å². The Labute approximate surface area is 326 Å². The molecule has 4 aromatic heterocycles. The zero-order valence-corrected chi connectivity index (χ0v) is 30.7. The van der Waals surface area contributed by atoms with Crippen molar-refractivity contribution in [3.05, 3.63) is 182 Å². The first-order valence-corrected chi connectivity index (χ1v) is 19.3. The highest BCUT2D eigenvalue weighted by Crippen LogP contribution is 2.44. The van der Waals surface area contributed by atoms with Crippen molar-refractivity contribution in [2.45, 2.75) is 0 Å². The van der Waals surface area contributed by atoms with Crippen LogP contribution >= 0.6 is 11.3 Å². The van der Waals surface area contributed by atoms with Gasteiger partial charge in [0.05, 0.1) is 11.4 Å². The van der Waals surface area contributed by atoms with Crippen LogP contribution in [0, 0.1) is 0 Å². The highest BCUT2D eigenvalue weighted by atomic mass is 32.1. The molecule has 262 valence electrons. The Morgan fingerprint density at radius 1 is 0.393 bits per heavy atom. The van der Waals surface area contributed by atoms with E-state index in [1.807, 2.05) is 84.4 Å². The number of hydrogen-bond acceptors (Lipinski definition) is 6. The number of hydrogen-bond donors (Lipinski definition) is 0. The number of furan rings is 1. The molecule has 0 N–H and O–H groups in total. The molecule has 7 aromatic carbocycles. The van der Waals surface area contributed by atoms with Crippen LogP contribution in [0.1, 0.15) is 0 Å². The van der Waals surface area contributed by atoms with Crippen LogP contribution in [0.2, 0.25) is 0 Å². The van der Waals surface area contributed by atoms with Gasteiger partial charge in [-0.05, 0) is 47.5 Å². The lowest BCUT2D eigenvalue weighted by molar-refractivity contribution is 0.670. The van der Waals surface area contributed by atoms with Gasteiger partial charge in [-0.25, -0.2) is 19.9 Å². The van der Waals surface area contributed by atoms with Gasteiger partial charge in [-0.2, -0.15) is 0 Å². The molecule has 0 aliphatic rings. The topological polar surface area (TPSA) is 64.7 Å². The summed E-state index contributed by atoms with van der Waals surface area (Å²) in [7, 11) is 0. The molecule has 0 aliphatic heterocycles. The highest BCUT2D eigenvalue weighted by molar-refractivity contribution is 7.25. The van der Waals surface area contributed by atoms with E-state index in [4.69, 9.17) is 14.4 Å². The Bertz CT molecular complexity index is 3230. The van der Waals surface area contributed by atoms with Crippen LogP contribution in [-0.4, -0.2) is 19.9 Å². The maximum Gasteiger partial charge on any atom is 0.160 e. The molecule has 56 heavy (non-hydrogen) atoms. The van der Waals surface area contributed by atoms with Gasteiger partial charge in [0.1, 0.15) is 11.2 Å². The Morgan fingerprint density at radius 3 is 1.80 bits per heavy atom. The molecule has 0 radical (unpaired) electrons. The summed E-state index contributed by atoms with van der Waals surface area (Å²) in [6, 6.07) is 58.7. The van der Waals surface area contributed by atoms with Crippen molar-refractivity contribution >= 4 is 53.4 Å². The minimum atomic E-state index is 0.642. The highest BCUT2D eigenvalue weighted by Gasteiger charge is 2.20. The lowest BCUT2D eigenvalue weighted by Crippen LogP contribution is -1.96. The molecular weight excluding hydrogens is 705 g/mol. The third-order valence-corrected chi connectivity index (χ3v) is 11.6. The second-order valence-corrected chi connectivity index (χ2v) is 14.9. The minimum Gasteiger partial charge on any atom is -0.455 e. The summed E-state index contributed by atoms with van der Waals surface area (Å²) in [6.45, 7) is 0. The molecule has 11 aromatic rings. The molecule has 0 atom stereocenters. The fourth-order valence-electron chi connectivity index (χ4n) is 7.66. The summed E-state index contributed by atoms with van der Waals surface area (Å²) < 4.78 is 9.31. The van der Waals surface area contributed by atoms with Crippen LogP contribution in [0.25, 0.3) is 110 Å². The fraction of sp³-hybridized carbons (Fsp3) is 0. The average molecular weight is 735 g/mol. The van der Waals surface area contributed by atoms with Crippen molar-refractivity contribution in [1.82, 2.24) is 19.9 Å². The predicted octanol–water partition coefficient (Wildman–Crippen LogP) is 13.5. The van der Waals surface area contributed by atoms with E-state index < -0.39 is 0 Å². The molecule has 0 saturated carbocycles. The van der Waals surface area contributed by atoms with E-state index in [9.17, 15) is 0 Å². The molecule has 11 rings (SSSR count). The Kier molecular flexibility index (Phi) is 7.60. The number of nitrogens with zero attached hydrogens (tertiary/aromatic N) is 4. The molecule has 0 saturated heterocycles. The van der Waals surface area contributed by atoms with E-state index in [0.29, 0.717) is 11.6 Å². The van der Waals surface area contributed by atoms with Gasteiger partial charge in [0.25, 0.3) is 0 Å². The van der Waals surface area contributed by atoms with Crippen LogP contribution in [0.3, 0.4) is 0 Å². The van der Waals surface area contributed by atoms with Gasteiger partial charge in [0.15, 0.2) is 11.6 Å². The lowest BCUT2D eigenvalue weighted by Gasteiger charge is -2.12. The maximum atomic E-state index is 6.75. The molecule has 5 nitrogen and oxygen atoms in total.